The number of allylic oxidation sites excluding steroid dienone is 2. The van der Waals surface area contributed by atoms with E-state index in [0.717, 1.165) is 38.5 Å². The van der Waals surface area contributed by atoms with Crippen LogP contribution in [0.25, 0.3) is 0 Å². The number of carbonyl (C=O) groups is 2. The Labute approximate surface area is 227 Å². The zero-order chi connectivity index (χ0) is 28.2. The smallest absolute Gasteiger partial charge is 0.306 e. The predicted octanol–water partition coefficient (Wildman–Crippen LogP) is 2.93. The largest absolute Gasteiger partial charge is 0.462 e. The van der Waals surface area contributed by atoms with E-state index in [1.54, 1.807) is 6.92 Å². The van der Waals surface area contributed by atoms with Crippen molar-refractivity contribution in [3.63, 3.8) is 0 Å². The summed E-state index contributed by atoms with van der Waals surface area (Å²) in [4.78, 5) is 23.9. The Morgan fingerprint density at radius 2 is 1.45 bits per heavy atom. The Hall–Kier alpha value is -1.56. The van der Waals surface area contributed by atoms with E-state index in [9.17, 15) is 30.0 Å². The van der Waals surface area contributed by atoms with E-state index in [-0.39, 0.29) is 26.1 Å². The van der Waals surface area contributed by atoms with Gasteiger partial charge in [-0.05, 0) is 32.1 Å². The SMILES string of the molecule is CCCCCC/C=C\CCCCCCCC(=O)OC(COC(=O)CC)COC1OC(CO)C(O)C(O)C1O. The van der Waals surface area contributed by atoms with Crippen molar-refractivity contribution >= 4 is 11.9 Å². The van der Waals surface area contributed by atoms with Crippen molar-refractivity contribution in [3.8, 4) is 0 Å². The third-order valence-electron chi connectivity index (χ3n) is 6.45. The number of hydrogen-bond acceptors (Lipinski definition) is 10. The molecule has 10 heteroatoms. The highest BCUT2D eigenvalue weighted by atomic mass is 16.7. The van der Waals surface area contributed by atoms with E-state index in [2.05, 4.69) is 19.1 Å². The molecule has 1 fully saturated rings. The fourth-order valence-electron chi connectivity index (χ4n) is 4.04. The minimum absolute atomic E-state index is 0.156. The topological polar surface area (TPSA) is 152 Å². The molecule has 1 heterocycles. The summed E-state index contributed by atoms with van der Waals surface area (Å²) in [5, 5.41) is 39.2. The molecule has 1 aliphatic heterocycles. The van der Waals surface area contributed by atoms with Crippen molar-refractivity contribution in [3.05, 3.63) is 12.2 Å². The minimum Gasteiger partial charge on any atom is -0.462 e. The van der Waals surface area contributed by atoms with Gasteiger partial charge in [-0.25, -0.2) is 0 Å². The first-order valence-electron chi connectivity index (χ1n) is 14.3. The summed E-state index contributed by atoms with van der Waals surface area (Å²) < 4.78 is 21.3. The van der Waals surface area contributed by atoms with Crippen molar-refractivity contribution in [2.45, 2.75) is 134 Å². The van der Waals surface area contributed by atoms with E-state index in [0.29, 0.717) is 6.42 Å². The molecule has 0 aromatic carbocycles. The molecule has 0 aromatic rings. The molecular weight excluding hydrogens is 496 g/mol. The summed E-state index contributed by atoms with van der Waals surface area (Å²) in [6.45, 7) is 2.75. The standard InChI is InChI=1S/C28H50O10/c1-3-5-6-7-8-9-10-11-12-13-14-15-16-17-24(31)37-21(19-35-23(30)4-2)20-36-28-27(34)26(33)25(32)22(18-29)38-28/h9-10,21-22,25-29,32-34H,3-8,11-20H2,1-2H3/b10-9-. The normalized spacial score (nSPS) is 24.4. The lowest BCUT2D eigenvalue weighted by Gasteiger charge is -2.39. The Morgan fingerprint density at radius 3 is 2.08 bits per heavy atom. The van der Waals surface area contributed by atoms with Crippen molar-refractivity contribution in [1.82, 2.24) is 0 Å². The lowest BCUT2D eigenvalue weighted by atomic mass is 9.99. The second kappa shape index (κ2) is 21.3. The number of hydrogen-bond donors (Lipinski definition) is 4. The van der Waals surface area contributed by atoms with Crippen LogP contribution in [0.2, 0.25) is 0 Å². The molecule has 0 aliphatic carbocycles. The second-order valence-corrected chi connectivity index (χ2v) is 9.81. The second-order valence-electron chi connectivity index (χ2n) is 9.81. The van der Waals surface area contributed by atoms with Crippen LogP contribution in [0.5, 0.6) is 0 Å². The highest BCUT2D eigenvalue weighted by Gasteiger charge is 2.44. The molecule has 0 bridgehead atoms. The molecule has 6 atom stereocenters. The summed E-state index contributed by atoms with van der Waals surface area (Å²) in [5.74, 6) is -0.920. The maximum Gasteiger partial charge on any atom is 0.306 e. The fraction of sp³-hybridized carbons (Fsp3) is 0.857. The zero-order valence-electron chi connectivity index (χ0n) is 23.2. The number of ether oxygens (including phenoxy) is 4. The monoisotopic (exact) mass is 546 g/mol. The Bertz CT molecular complexity index is 654. The molecule has 1 saturated heterocycles. The summed E-state index contributed by atoms with van der Waals surface area (Å²) in [6, 6.07) is 0. The summed E-state index contributed by atoms with van der Waals surface area (Å²) in [7, 11) is 0. The first-order valence-corrected chi connectivity index (χ1v) is 14.3. The van der Waals surface area contributed by atoms with Gasteiger partial charge in [0, 0.05) is 12.8 Å². The third kappa shape index (κ3) is 14.6. The van der Waals surface area contributed by atoms with E-state index in [1.165, 1.54) is 25.7 Å². The van der Waals surface area contributed by atoms with Gasteiger partial charge in [-0.15, -0.1) is 0 Å². The van der Waals surface area contributed by atoms with Crippen LogP contribution in [0.1, 0.15) is 97.3 Å². The van der Waals surface area contributed by atoms with Gasteiger partial charge in [-0.1, -0.05) is 64.5 Å². The van der Waals surface area contributed by atoms with Gasteiger partial charge in [0.25, 0.3) is 0 Å². The van der Waals surface area contributed by atoms with Gasteiger partial charge in [0.05, 0.1) is 13.2 Å². The third-order valence-corrected chi connectivity index (χ3v) is 6.45. The molecule has 6 unspecified atom stereocenters. The molecule has 0 saturated carbocycles. The highest BCUT2D eigenvalue weighted by molar-refractivity contribution is 5.70. The van der Waals surface area contributed by atoms with Crippen molar-refractivity contribution < 1.29 is 49.0 Å². The molecule has 1 aliphatic rings. The molecule has 0 radical (unpaired) electrons. The van der Waals surface area contributed by atoms with Crippen LogP contribution in [0.4, 0.5) is 0 Å². The lowest BCUT2D eigenvalue weighted by Crippen LogP contribution is -2.59. The molecule has 0 spiro atoms. The van der Waals surface area contributed by atoms with Gasteiger partial charge in [-0.3, -0.25) is 9.59 Å². The van der Waals surface area contributed by atoms with Crippen molar-refractivity contribution in [1.29, 1.82) is 0 Å². The van der Waals surface area contributed by atoms with Gasteiger partial charge in [0.2, 0.25) is 0 Å². The number of carbonyl (C=O) groups excluding carboxylic acids is 2. The molecule has 38 heavy (non-hydrogen) atoms. The molecule has 222 valence electrons. The van der Waals surface area contributed by atoms with E-state index >= 15 is 0 Å². The van der Waals surface area contributed by atoms with E-state index in [1.807, 2.05) is 0 Å². The average molecular weight is 547 g/mol. The molecule has 0 amide bonds. The van der Waals surface area contributed by atoms with E-state index < -0.39 is 55.4 Å². The summed E-state index contributed by atoms with van der Waals surface area (Å²) in [6.07, 6.45) is 9.06. The molecule has 4 N–H and O–H groups in total. The van der Waals surface area contributed by atoms with Crippen LogP contribution in [0, 0.1) is 0 Å². The van der Waals surface area contributed by atoms with Crippen LogP contribution in [0.3, 0.4) is 0 Å². The number of aliphatic hydroxyl groups is 4. The molecule has 0 aromatic heterocycles. The Morgan fingerprint density at radius 1 is 0.816 bits per heavy atom. The highest BCUT2D eigenvalue weighted by Crippen LogP contribution is 2.22. The lowest BCUT2D eigenvalue weighted by molar-refractivity contribution is -0.305. The summed E-state index contributed by atoms with van der Waals surface area (Å²) >= 11 is 0. The van der Waals surface area contributed by atoms with Crippen molar-refractivity contribution in [2.24, 2.45) is 0 Å². The zero-order valence-corrected chi connectivity index (χ0v) is 23.2. The van der Waals surface area contributed by atoms with Crippen molar-refractivity contribution in [2.75, 3.05) is 19.8 Å². The Kier molecular flexibility index (Phi) is 19.3. The number of aliphatic hydroxyl groups excluding tert-OH is 4. The number of unbranched alkanes of at least 4 members (excludes halogenated alkanes) is 9. The van der Waals surface area contributed by atoms with Gasteiger partial charge in [0.15, 0.2) is 12.4 Å². The van der Waals surface area contributed by atoms with Gasteiger partial charge < -0.3 is 39.4 Å². The van der Waals surface area contributed by atoms with Gasteiger partial charge in [-0.2, -0.15) is 0 Å². The first-order chi connectivity index (χ1) is 18.3. The fourth-order valence-corrected chi connectivity index (χ4v) is 4.04. The number of rotatable bonds is 21. The van der Waals surface area contributed by atoms with Crippen LogP contribution < -0.4 is 0 Å². The van der Waals surface area contributed by atoms with Crippen LogP contribution in [0.15, 0.2) is 12.2 Å². The Balaban J connectivity index is 2.33. The van der Waals surface area contributed by atoms with Gasteiger partial charge in [0.1, 0.15) is 31.0 Å². The van der Waals surface area contributed by atoms with Crippen LogP contribution in [-0.4, -0.2) is 89.0 Å². The average Bonchev–Trinajstić information content (AvgIpc) is 2.92. The van der Waals surface area contributed by atoms with E-state index in [4.69, 9.17) is 18.9 Å². The quantitative estimate of drug-likeness (QED) is 0.0960. The summed E-state index contributed by atoms with van der Waals surface area (Å²) in [5.41, 5.74) is 0. The maximum atomic E-state index is 12.4. The van der Waals surface area contributed by atoms with Crippen LogP contribution >= 0.6 is 0 Å². The molecular formula is C28H50O10. The molecule has 1 rings (SSSR count). The minimum atomic E-state index is -1.59. The maximum absolute atomic E-state index is 12.4. The predicted molar refractivity (Wildman–Crippen MR) is 141 cm³/mol. The van der Waals surface area contributed by atoms with Crippen LogP contribution in [-0.2, 0) is 28.5 Å². The molecule has 10 nitrogen and oxygen atoms in total. The first kappa shape index (κ1) is 34.5. The number of esters is 2. The van der Waals surface area contributed by atoms with Gasteiger partial charge >= 0.3 is 11.9 Å².